The smallest absolute Gasteiger partial charge is 0.345 e. The molecule has 16 heavy (non-hydrogen) atoms. The first-order valence-corrected chi connectivity index (χ1v) is 5.29. The molecule has 0 amide bonds. The van der Waals surface area contributed by atoms with Crippen LogP contribution in [0.3, 0.4) is 0 Å². The molecule has 0 fully saturated rings. The van der Waals surface area contributed by atoms with Crippen molar-refractivity contribution in [2.24, 2.45) is 4.99 Å². The maximum atomic E-state index is 10.9. The van der Waals surface area contributed by atoms with Gasteiger partial charge in [-0.15, -0.1) is 11.3 Å². The van der Waals surface area contributed by atoms with E-state index in [1.807, 2.05) is 0 Å². The van der Waals surface area contributed by atoms with Crippen molar-refractivity contribution in [1.82, 2.24) is 0 Å². The number of aliphatic imine (C=N–C) groups is 1. The average Bonchev–Trinajstić information content (AvgIpc) is 2.71. The highest BCUT2D eigenvalue weighted by molar-refractivity contribution is 7.21. The molecule has 0 aliphatic carbocycles. The van der Waals surface area contributed by atoms with Gasteiger partial charge in [0.05, 0.1) is 17.5 Å². The van der Waals surface area contributed by atoms with Gasteiger partial charge in [-0.05, 0) is 24.2 Å². The van der Waals surface area contributed by atoms with Gasteiger partial charge in [-0.3, -0.25) is 4.99 Å². The van der Waals surface area contributed by atoms with E-state index in [9.17, 15) is 4.79 Å². The summed E-state index contributed by atoms with van der Waals surface area (Å²) in [7, 11) is 1.54. The fraction of sp³-hybridized carbons (Fsp3) is 0.0909. The van der Waals surface area contributed by atoms with E-state index in [1.54, 1.807) is 25.3 Å². The van der Waals surface area contributed by atoms with Crippen LogP contribution in [0.1, 0.15) is 9.67 Å². The van der Waals surface area contributed by atoms with E-state index in [0.717, 1.165) is 10.1 Å². The SMILES string of the molecule is C=Nc1cc(OC)c2sc(C(=O)O)cc2c1. The van der Waals surface area contributed by atoms with Gasteiger partial charge in [0, 0.05) is 6.07 Å². The summed E-state index contributed by atoms with van der Waals surface area (Å²) in [6.07, 6.45) is 0. The number of aromatic carboxylic acids is 1. The number of nitrogens with zero attached hydrogens (tertiary/aromatic N) is 1. The Morgan fingerprint density at radius 2 is 2.25 bits per heavy atom. The lowest BCUT2D eigenvalue weighted by atomic mass is 10.2. The average molecular weight is 235 g/mol. The lowest BCUT2D eigenvalue weighted by Gasteiger charge is -2.02. The van der Waals surface area contributed by atoms with Gasteiger partial charge in [0.2, 0.25) is 0 Å². The first-order chi connectivity index (χ1) is 7.65. The second-order valence-corrected chi connectivity index (χ2v) is 4.19. The van der Waals surface area contributed by atoms with Gasteiger partial charge in [-0.2, -0.15) is 0 Å². The van der Waals surface area contributed by atoms with Crippen LogP contribution in [0.15, 0.2) is 23.2 Å². The molecule has 0 radical (unpaired) electrons. The number of thiophene rings is 1. The quantitative estimate of drug-likeness (QED) is 0.832. The molecule has 1 N–H and O–H groups in total. The number of carboxylic acids is 1. The van der Waals surface area contributed by atoms with Crippen LogP contribution in [0.4, 0.5) is 5.69 Å². The number of hydrogen-bond donors (Lipinski definition) is 1. The van der Waals surface area contributed by atoms with Crippen molar-refractivity contribution < 1.29 is 14.6 Å². The van der Waals surface area contributed by atoms with Gasteiger partial charge in [0.15, 0.2) is 0 Å². The van der Waals surface area contributed by atoms with Crippen molar-refractivity contribution >= 4 is 39.8 Å². The fourth-order valence-electron chi connectivity index (χ4n) is 1.45. The minimum atomic E-state index is -0.934. The molecule has 5 heteroatoms. The minimum Gasteiger partial charge on any atom is -0.495 e. The van der Waals surface area contributed by atoms with Crippen LogP contribution in [0, 0.1) is 0 Å². The van der Waals surface area contributed by atoms with Crippen LogP contribution in [0.5, 0.6) is 5.75 Å². The number of carboxylic acid groups (broad SMARTS) is 1. The molecule has 0 unspecified atom stereocenters. The highest BCUT2D eigenvalue weighted by Crippen LogP contribution is 2.37. The number of ether oxygens (including phenoxy) is 1. The van der Waals surface area contributed by atoms with E-state index in [4.69, 9.17) is 9.84 Å². The summed E-state index contributed by atoms with van der Waals surface area (Å²) in [5, 5.41) is 9.72. The molecule has 0 saturated carbocycles. The maximum Gasteiger partial charge on any atom is 0.345 e. The number of benzene rings is 1. The molecule has 82 valence electrons. The largest absolute Gasteiger partial charge is 0.495 e. The molecule has 0 aliphatic heterocycles. The van der Waals surface area contributed by atoms with Crippen LogP contribution in [-0.2, 0) is 0 Å². The van der Waals surface area contributed by atoms with Gasteiger partial charge >= 0.3 is 5.97 Å². The molecule has 0 bridgehead atoms. The van der Waals surface area contributed by atoms with Gasteiger partial charge in [0.25, 0.3) is 0 Å². The van der Waals surface area contributed by atoms with Gasteiger partial charge in [-0.1, -0.05) is 0 Å². The monoisotopic (exact) mass is 235 g/mol. The van der Waals surface area contributed by atoms with Crippen molar-refractivity contribution in [2.45, 2.75) is 0 Å². The Balaban J connectivity index is 2.74. The van der Waals surface area contributed by atoms with Crippen molar-refractivity contribution in [3.05, 3.63) is 23.1 Å². The maximum absolute atomic E-state index is 10.9. The zero-order valence-electron chi connectivity index (χ0n) is 8.56. The molecule has 1 aromatic carbocycles. The number of carbonyl (C=O) groups is 1. The molecule has 2 rings (SSSR count). The van der Waals surface area contributed by atoms with Crippen LogP contribution in [-0.4, -0.2) is 24.9 Å². The Kier molecular flexibility index (Phi) is 2.62. The lowest BCUT2D eigenvalue weighted by Crippen LogP contribution is -1.89. The Hall–Kier alpha value is -1.88. The molecule has 0 saturated heterocycles. The Morgan fingerprint density at radius 1 is 1.50 bits per heavy atom. The molecule has 1 aromatic heterocycles. The summed E-state index contributed by atoms with van der Waals surface area (Å²) in [5.74, 6) is -0.311. The second kappa shape index (κ2) is 3.94. The summed E-state index contributed by atoms with van der Waals surface area (Å²) in [6.45, 7) is 3.44. The topological polar surface area (TPSA) is 58.9 Å². The second-order valence-electron chi connectivity index (χ2n) is 3.14. The summed E-state index contributed by atoms with van der Waals surface area (Å²) < 4.78 is 6.01. The Morgan fingerprint density at radius 3 is 2.81 bits per heavy atom. The molecule has 4 nitrogen and oxygen atoms in total. The minimum absolute atomic E-state index is 0.287. The van der Waals surface area contributed by atoms with Crippen molar-refractivity contribution in [1.29, 1.82) is 0 Å². The number of fused-ring (bicyclic) bond motifs is 1. The molecular formula is C11H9NO3S. The van der Waals surface area contributed by atoms with E-state index >= 15 is 0 Å². The van der Waals surface area contributed by atoms with Crippen molar-refractivity contribution in [2.75, 3.05) is 7.11 Å². The number of rotatable bonds is 3. The van der Waals surface area contributed by atoms with E-state index in [-0.39, 0.29) is 4.88 Å². The zero-order valence-corrected chi connectivity index (χ0v) is 9.37. The third-order valence-electron chi connectivity index (χ3n) is 2.18. The van der Waals surface area contributed by atoms with Gasteiger partial charge in [-0.25, -0.2) is 4.79 Å². The summed E-state index contributed by atoms with van der Waals surface area (Å²) in [6, 6.07) is 5.13. The number of methoxy groups -OCH3 is 1. The fourth-order valence-corrected chi connectivity index (χ4v) is 2.43. The summed E-state index contributed by atoms with van der Waals surface area (Å²) in [4.78, 5) is 15.0. The molecule has 1 heterocycles. The third kappa shape index (κ3) is 1.65. The van der Waals surface area contributed by atoms with Crippen LogP contribution >= 0.6 is 11.3 Å². The summed E-state index contributed by atoms with van der Waals surface area (Å²) in [5.41, 5.74) is 0.666. The molecular weight excluding hydrogens is 226 g/mol. The van der Waals surface area contributed by atoms with Crippen molar-refractivity contribution in [3.63, 3.8) is 0 Å². The van der Waals surface area contributed by atoms with Crippen LogP contribution in [0.2, 0.25) is 0 Å². The van der Waals surface area contributed by atoms with Crippen molar-refractivity contribution in [3.8, 4) is 5.75 Å². The van der Waals surface area contributed by atoms with Crippen LogP contribution in [0.25, 0.3) is 10.1 Å². The predicted octanol–water partition coefficient (Wildman–Crippen LogP) is 2.94. The third-order valence-corrected chi connectivity index (χ3v) is 3.33. The summed E-state index contributed by atoms with van der Waals surface area (Å²) >= 11 is 1.19. The molecule has 0 aliphatic rings. The predicted molar refractivity (Wildman–Crippen MR) is 64.5 cm³/mol. The Bertz CT molecular complexity index is 574. The van der Waals surface area contributed by atoms with E-state index in [1.165, 1.54) is 11.3 Å². The Labute approximate surface area is 95.8 Å². The zero-order chi connectivity index (χ0) is 11.7. The molecule has 0 atom stereocenters. The lowest BCUT2D eigenvalue weighted by molar-refractivity contribution is 0.0702. The first-order valence-electron chi connectivity index (χ1n) is 4.47. The van der Waals surface area contributed by atoms with E-state index < -0.39 is 5.97 Å². The normalized spacial score (nSPS) is 10.3. The highest BCUT2D eigenvalue weighted by Gasteiger charge is 2.12. The first kappa shape index (κ1) is 10.6. The molecule has 2 aromatic rings. The number of hydrogen-bond acceptors (Lipinski definition) is 4. The van der Waals surface area contributed by atoms with Gasteiger partial charge in [0.1, 0.15) is 10.6 Å². The highest BCUT2D eigenvalue weighted by atomic mass is 32.1. The van der Waals surface area contributed by atoms with Crippen LogP contribution < -0.4 is 4.74 Å². The van der Waals surface area contributed by atoms with E-state index in [2.05, 4.69) is 11.7 Å². The standard InChI is InChI=1S/C11H9NO3S/c1-12-7-3-6-4-9(11(13)14)16-10(6)8(5-7)15-2/h3-5H,1H2,2H3,(H,13,14). The van der Waals surface area contributed by atoms with Gasteiger partial charge < -0.3 is 9.84 Å². The molecule has 0 spiro atoms. The van der Waals surface area contributed by atoms with E-state index in [0.29, 0.717) is 11.4 Å².